The van der Waals surface area contributed by atoms with E-state index >= 15 is 0 Å². The Labute approximate surface area is 173 Å². The van der Waals surface area contributed by atoms with E-state index in [9.17, 15) is 14.7 Å². The van der Waals surface area contributed by atoms with Crippen LogP contribution in [0.1, 0.15) is 30.7 Å². The number of benzene rings is 1. The van der Waals surface area contributed by atoms with E-state index < -0.39 is 17.7 Å². The lowest BCUT2D eigenvalue weighted by atomic mass is 9.99. The maximum atomic E-state index is 12.8. The average molecular weight is 420 g/mol. The summed E-state index contributed by atoms with van der Waals surface area (Å²) in [6, 6.07) is 7.24. The van der Waals surface area contributed by atoms with Gasteiger partial charge in [0.15, 0.2) is 0 Å². The summed E-state index contributed by atoms with van der Waals surface area (Å²) in [5.41, 5.74) is 0.141. The van der Waals surface area contributed by atoms with Gasteiger partial charge in [0.1, 0.15) is 23.3 Å². The molecule has 0 bridgehead atoms. The average Bonchev–Trinajstić information content (AvgIpc) is 3.32. The monoisotopic (exact) mass is 419 g/mol. The lowest BCUT2D eigenvalue weighted by molar-refractivity contribution is -0.140. The number of aliphatic hydroxyl groups excluding tert-OH is 1. The van der Waals surface area contributed by atoms with Crippen LogP contribution in [0.5, 0.6) is 5.75 Å². The molecule has 2 heterocycles. The van der Waals surface area contributed by atoms with Crippen molar-refractivity contribution in [2.75, 3.05) is 26.9 Å². The van der Waals surface area contributed by atoms with Crippen molar-refractivity contribution in [2.24, 2.45) is 0 Å². The maximum absolute atomic E-state index is 12.8. The Morgan fingerprint density at radius 1 is 1.31 bits per heavy atom. The third kappa shape index (κ3) is 4.16. The minimum absolute atomic E-state index is 0.0714. The van der Waals surface area contributed by atoms with Crippen LogP contribution in [0.3, 0.4) is 0 Å². The fourth-order valence-corrected chi connectivity index (χ4v) is 3.53. The number of ether oxygens (including phenoxy) is 2. The van der Waals surface area contributed by atoms with E-state index in [0.29, 0.717) is 31.1 Å². The molecule has 2 aromatic rings. The van der Waals surface area contributed by atoms with E-state index in [4.69, 9.17) is 25.5 Å². The molecule has 0 aliphatic carbocycles. The Kier molecular flexibility index (Phi) is 6.61. The van der Waals surface area contributed by atoms with Gasteiger partial charge in [0, 0.05) is 25.8 Å². The van der Waals surface area contributed by atoms with Crippen LogP contribution in [0.2, 0.25) is 5.02 Å². The predicted octanol–water partition coefficient (Wildman–Crippen LogP) is 3.79. The second-order valence-corrected chi connectivity index (χ2v) is 6.84. The molecule has 1 aromatic carbocycles. The van der Waals surface area contributed by atoms with Crippen LogP contribution >= 0.6 is 11.6 Å². The van der Waals surface area contributed by atoms with Gasteiger partial charge in [-0.2, -0.15) is 0 Å². The predicted molar refractivity (Wildman–Crippen MR) is 107 cm³/mol. The van der Waals surface area contributed by atoms with E-state index in [1.807, 2.05) is 6.92 Å². The molecule has 1 amide bonds. The van der Waals surface area contributed by atoms with Crippen molar-refractivity contribution >= 4 is 29.1 Å². The molecule has 3 rings (SSSR count). The normalized spacial score (nSPS) is 18.4. The Bertz CT molecular complexity index is 921. The van der Waals surface area contributed by atoms with Crippen molar-refractivity contribution in [3.63, 3.8) is 0 Å². The van der Waals surface area contributed by atoms with Gasteiger partial charge >= 0.3 is 0 Å². The van der Waals surface area contributed by atoms with Crippen LogP contribution in [-0.4, -0.2) is 48.6 Å². The summed E-state index contributed by atoms with van der Waals surface area (Å²) in [5, 5.41) is 11.2. The zero-order valence-corrected chi connectivity index (χ0v) is 16.9. The molecule has 1 saturated heterocycles. The van der Waals surface area contributed by atoms with Gasteiger partial charge in [0.05, 0.1) is 23.5 Å². The summed E-state index contributed by atoms with van der Waals surface area (Å²) in [7, 11) is 1.56. The van der Waals surface area contributed by atoms with Gasteiger partial charge in [0.2, 0.25) is 0 Å². The molecule has 1 N–H and O–H groups in total. The highest BCUT2D eigenvalue weighted by Gasteiger charge is 2.47. The first-order valence-corrected chi connectivity index (χ1v) is 9.60. The van der Waals surface area contributed by atoms with E-state index in [0.717, 1.165) is 0 Å². The molecule has 7 nitrogen and oxygen atoms in total. The first-order valence-electron chi connectivity index (χ1n) is 9.23. The number of carbonyl (C=O) groups is 2. The molecule has 1 aliphatic heterocycles. The number of ketones is 1. The molecule has 1 aromatic heterocycles. The number of aliphatic hydroxyl groups is 1. The Balaban J connectivity index is 2.11. The van der Waals surface area contributed by atoms with E-state index in [1.165, 1.54) is 11.2 Å². The van der Waals surface area contributed by atoms with E-state index in [-0.39, 0.29) is 28.5 Å². The minimum atomic E-state index is -0.853. The highest BCUT2D eigenvalue weighted by Crippen LogP contribution is 2.41. The summed E-state index contributed by atoms with van der Waals surface area (Å²) in [6.45, 7) is 2.96. The lowest BCUT2D eigenvalue weighted by Crippen LogP contribution is -2.31. The summed E-state index contributed by atoms with van der Waals surface area (Å²) in [4.78, 5) is 26.9. The number of Topliss-reactive ketones (excluding diaryl/α,β-unsaturated/α-hetero) is 1. The molecule has 0 radical (unpaired) electrons. The van der Waals surface area contributed by atoms with Crippen molar-refractivity contribution in [2.45, 2.75) is 19.4 Å². The van der Waals surface area contributed by atoms with E-state index in [2.05, 4.69) is 0 Å². The van der Waals surface area contributed by atoms with E-state index in [1.54, 1.807) is 37.4 Å². The van der Waals surface area contributed by atoms with Gasteiger partial charge in [-0.05, 0) is 43.7 Å². The summed E-state index contributed by atoms with van der Waals surface area (Å²) in [5.74, 6) is -1.01. The molecule has 1 fully saturated rings. The second-order valence-electron chi connectivity index (χ2n) is 6.43. The molecule has 1 aliphatic rings. The molecule has 0 saturated carbocycles. The molecule has 1 atom stereocenters. The molecule has 8 heteroatoms. The highest BCUT2D eigenvalue weighted by atomic mass is 35.5. The van der Waals surface area contributed by atoms with Crippen molar-refractivity contribution in [1.82, 2.24) is 4.90 Å². The fourth-order valence-electron chi connectivity index (χ4n) is 3.32. The van der Waals surface area contributed by atoms with Crippen molar-refractivity contribution in [3.05, 3.63) is 58.5 Å². The third-order valence-corrected chi connectivity index (χ3v) is 4.93. The number of nitrogens with zero attached hydrogens (tertiary/aromatic N) is 1. The number of hydrogen-bond donors (Lipinski definition) is 1. The molecular formula is C21H22ClNO6. The zero-order valence-electron chi connectivity index (χ0n) is 16.2. The number of likely N-dealkylation sites (tertiary alicyclic amines) is 1. The van der Waals surface area contributed by atoms with Crippen molar-refractivity contribution in [1.29, 1.82) is 0 Å². The maximum Gasteiger partial charge on any atom is 0.295 e. The van der Waals surface area contributed by atoms with Crippen LogP contribution in [-0.2, 0) is 14.3 Å². The summed E-state index contributed by atoms with van der Waals surface area (Å²) < 4.78 is 16.0. The Morgan fingerprint density at radius 2 is 2.10 bits per heavy atom. The standard InChI is InChI=1S/C21H22ClNO6/c1-3-28-13-7-8-15(22)14(12-13)19(24)17-18(16-6-4-11-29-16)23(9-5-10-27-2)21(26)20(17)25/h4,6-8,11-12,18,24H,3,5,9-10H2,1-2H3/b19-17-. The van der Waals surface area contributed by atoms with Crippen molar-refractivity contribution < 1.29 is 28.6 Å². The largest absolute Gasteiger partial charge is 0.507 e. The number of furan rings is 1. The van der Waals surface area contributed by atoms with Gasteiger partial charge in [-0.25, -0.2) is 0 Å². The molecule has 29 heavy (non-hydrogen) atoms. The quantitative estimate of drug-likeness (QED) is 0.303. The smallest absolute Gasteiger partial charge is 0.295 e. The topological polar surface area (TPSA) is 89.2 Å². The Hall–Kier alpha value is -2.77. The van der Waals surface area contributed by atoms with Crippen LogP contribution in [0.4, 0.5) is 0 Å². The summed E-state index contributed by atoms with van der Waals surface area (Å²) >= 11 is 6.27. The fraction of sp³-hybridized carbons (Fsp3) is 0.333. The number of carbonyl (C=O) groups excluding carboxylic acids is 2. The van der Waals surface area contributed by atoms with Crippen LogP contribution in [0.25, 0.3) is 5.76 Å². The number of hydrogen-bond acceptors (Lipinski definition) is 6. The lowest BCUT2D eigenvalue weighted by Gasteiger charge is -2.23. The molecule has 1 unspecified atom stereocenters. The first kappa shape index (κ1) is 21.0. The molecular weight excluding hydrogens is 398 g/mol. The highest BCUT2D eigenvalue weighted by molar-refractivity contribution is 6.46. The van der Waals surface area contributed by atoms with Crippen LogP contribution in [0, 0.1) is 0 Å². The van der Waals surface area contributed by atoms with Crippen LogP contribution in [0.15, 0.2) is 46.6 Å². The van der Waals surface area contributed by atoms with Gasteiger partial charge in [-0.3, -0.25) is 9.59 Å². The van der Waals surface area contributed by atoms with Gasteiger partial charge < -0.3 is 23.9 Å². The molecule has 0 spiro atoms. The molecule has 154 valence electrons. The van der Waals surface area contributed by atoms with Gasteiger partial charge in [-0.1, -0.05) is 11.6 Å². The second kappa shape index (κ2) is 9.15. The van der Waals surface area contributed by atoms with Gasteiger partial charge in [0.25, 0.3) is 11.7 Å². The first-order chi connectivity index (χ1) is 14.0. The minimum Gasteiger partial charge on any atom is -0.507 e. The number of rotatable bonds is 8. The summed E-state index contributed by atoms with van der Waals surface area (Å²) in [6.07, 6.45) is 1.98. The SMILES string of the molecule is CCOc1ccc(Cl)c(/C(O)=C2/C(=O)C(=O)N(CCCOC)C2c2ccco2)c1. The Morgan fingerprint density at radius 3 is 2.76 bits per heavy atom. The number of methoxy groups -OCH3 is 1. The van der Waals surface area contributed by atoms with Crippen molar-refractivity contribution in [3.8, 4) is 5.75 Å². The number of halogens is 1. The van der Waals surface area contributed by atoms with Crippen LogP contribution < -0.4 is 4.74 Å². The third-order valence-electron chi connectivity index (χ3n) is 4.60. The zero-order chi connectivity index (χ0) is 21.0. The van der Waals surface area contributed by atoms with Gasteiger partial charge in [-0.15, -0.1) is 0 Å². The number of amides is 1.